The third kappa shape index (κ3) is 6.29. The Morgan fingerprint density at radius 1 is 0.970 bits per heavy atom. The first kappa shape index (κ1) is 23.2. The monoisotopic (exact) mass is 464 g/mol. The van der Waals surface area contributed by atoms with E-state index in [0.717, 1.165) is 36.8 Å². The van der Waals surface area contributed by atoms with E-state index in [1.807, 2.05) is 47.2 Å². The van der Waals surface area contributed by atoms with Crippen LogP contribution in [0.25, 0.3) is 0 Å². The SMILES string of the molecule is O=C(NC1CCCCC1)C(c1ccc(F)cc1)N(Cc1ccccc1)C(=O)Cc1ccsc1. The van der Waals surface area contributed by atoms with E-state index in [1.54, 1.807) is 28.4 Å². The Morgan fingerprint density at radius 2 is 1.70 bits per heavy atom. The minimum absolute atomic E-state index is 0.111. The Labute approximate surface area is 198 Å². The van der Waals surface area contributed by atoms with E-state index >= 15 is 0 Å². The second-order valence-corrected chi connectivity index (χ2v) is 9.39. The van der Waals surface area contributed by atoms with E-state index < -0.39 is 6.04 Å². The molecular formula is C27H29FN2O2S. The molecule has 0 aliphatic heterocycles. The van der Waals surface area contributed by atoms with Crippen molar-refractivity contribution in [1.82, 2.24) is 10.2 Å². The number of thiophene rings is 1. The third-order valence-corrected chi connectivity index (χ3v) is 6.88. The normalized spacial score (nSPS) is 15.1. The van der Waals surface area contributed by atoms with E-state index in [0.29, 0.717) is 12.1 Å². The van der Waals surface area contributed by atoms with Gasteiger partial charge in [-0.2, -0.15) is 11.3 Å². The maximum Gasteiger partial charge on any atom is 0.247 e. The second kappa shape index (κ2) is 11.2. The summed E-state index contributed by atoms with van der Waals surface area (Å²) in [4.78, 5) is 28.8. The predicted molar refractivity (Wildman–Crippen MR) is 129 cm³/mol. The lowest BCUT2D eigenvalue weighted by Crippen LogP contribution is -2.47. The van der Waals surface area contributed by atoms with Gasteiger partial charge in [-0.25, -0.2) is 4.39 Å². The summed E-state index contributed by atoms with van der Waals surface area (Å²) in [6, 6.07) is 16.8. The minimum Gasteiger partial charge on any atom is -0.351 e. The lowest BCUT2D eigenvalue weighted by atomic mass is 9.94. The molecule has 4 nitrogen and oxygen atoms in total. The first-order valence-electron chi connectivity index (χ1n) is 11.5. The third-order valence-electron chi connectivity index (χ3n) is 6.15. The van der Waals surface area contributed by atoms with Gasteiger partial charge >= 0.3 is 0 Å². The van der Waals surface area contributed by atoms with Crippen molar-refractivity contribution in [3.05, 3.63) is 93.9 Å². The molecule has 4 rings (SSSR count). The molecule has 33 heavy (non-hydrogen) atoms. The number of halogens is 1. The van der Waals surface area contributed by atoms with Crippen LogP contribution < -0.4 is 5.32 Å². The van der Waals surface area contributed by atoms with Gasteiger partial charge in [-0.05, 0) is 58.5 Å². The van der Waals surface area contributed by atoms with Gasteiger partial charge in [0, 0.05) is 12.6 Å². The highest BCUT2D eigenvalue weighted by atomic mass is 32.1. The zero-order chi connectivity index (χ0) is 23.0. The van der Waals surface area contributed by atoms with Crippen molar-refractivity contribution < 1.29 is 14.0 Å². The highest BCUT2D eigenvalue weighted by molar-refractivity contribution is 7.08. The number of hydrogen-bond donors (Lipinski definition) is 1. The van der Waals surface area contributed by atoms with E-state index in [-0.39, 0.29) is 30.1 Å². The summed E-state index contributed by atoms with van der Waals surface area (Å²) >= 11 is 1.54. The quantitative estimate of drug-likeness (QED) is 0.468. The molecule has 172 valence electrons. The number of carbonyl (C=O) groups is 2. The molecule has 1 heterocycles. The van der Waals surface area contributed by atoms with Crippen molar-refractivity contribution in [3.63, 3.8) is 0 Å². The topological polar surface area (TPSA) is 49.4 Å². The van der Waals surface area contributed by atoms with Crippen LogP contribution in [-0.2, 0) is 22.6 Å². The zero-order valence-electron chi connectivity index (χ0n) is 18.6. The summed E-state index contributed by atoms with van der Waals surface area (Å²) in [6.07, 6.45) is 5.48. The van der Waals surface area contributed by atoms with Gasteiger partial charge in [-0.3, -0.25) is 9.59 Å². The van der Waals surface area contributed by atoms with Crippen LogP contribution in [0.2, 0.25) is 0 Å². The molecule has 1 atom stereocenters. The molecule has 2 aromatic carbocycles. The molecule has 1 aliphatic carbocycles. The summed E-state index contributed by atoms with van der Waals surface area (Å²) in [5.74, 6) is -0.710. The van der Waals surface area contributed by atoms with Crippen molar-refractivity contribution >= 4 is 23.2 Å². The molecule has 0 radical (unpaired) electrons. The first-order valence-corrected chi connectivity index (χ1v) is 12.4. The Hall–Kier alpha value is -2.99. The molecule has 6 heteroatoms. The van der Waals surface area contributed by atoms with Crippen molar-refractivity contribution in [2.75, 3.05) is 0 Å². The van der Waals surface area contributed by atoms with Gasteiger partial charge in [0.25, 0.3) is 0 Å². The maximum absolute atomic E-state index is 13.7. The number of rotatable bonds is 8. The summed E-state index contributed by atoms with van der Waals surface area (Å²) < 4.78 is 13.7. The van der Waals surface area contributed by atoms with Crippen molar-refractivity contribution in [1.29, 1.82) is 0 Å². The van der Waals surface area contributed by atoms with Gasteiger partial charge in [0.1, 0.15) is 11.9 Å². The van der Waals surface area contributed by atoms with Gasteiger partial charge < -0.3 is 10.2 Å². The Bertz CT molecular complexity index is 1030. The second-order valence-electron chi connectivity index (χ2n) is 8.61. The van der Waals surface area contributed by atoms with Crippen molar-refractivity contribution in [2.24, 2.45) is 0 Å². The molecule has 2 amide bonds. The standard InChI is InChI=1S/C27H29FN2O2S/c28-23-13-11-22(12-14-23)26(27(32)29-24-9-5-2-6-10-24)30(18-20-7-3-1-4-8-20)25(31)17-21-15-16-33-19-21/h1,3-4,7-8,11-16,19,24,26H,2,5-6,9-10,17-18H2,(H,29,32). The fourth-order valence-electron chi connectivity index (χ4n) is 4.42. The largest absolute Gasteiger partial charge is 0.351 e. The lowest BCUT2D eigenvalue weighted by molar-refractivity contribution is -0.141. The summed E-state index contributed by atoms with van der Waals surface area (Å²) in [5.41, 5.74) is 2.47. The van der Waals surface area contributed by atoms with Crippen LogP contribution in [0, 0.1) is 5.82 Å². The Balaban J connectivity index is 1.67. The zero-order valence-corrected chi connectivity index (χ0v) is 19.4. The van der Waals surface area contributed by atoms with Crippen molar-refractivity contribution in [2.45, 2.75) is 57.2 Å². The van der Waals surface area contributed by atoms with Crippen LogP contribution in [-0.4, -0.2) is 22.8 Å². The number of nitrogens with zero attached hydrogens (tertiary/aromatic N) is 1. The van der Waals surface area contributed by atoms with Crippen molar-refractivity contribution in [3.8, 4) is 0 Å². The summed E-state index contributed by atoms with van der Waals surface area (Å²) in [7, 11) is 0. The van der Waals surface area contributed by atoms with E-state index in [4.69, 9.17) is 0 Å². The minimum atomic E-state index is -0.834. The number of amides is 2. The van der Waals surface area contributed by atoms with E-state index in [9.17, 15) is 14.0 Å². The van der Waals surface area contributed by atoms with Gasteiger partial charge in [0.15, 0.2) is 0 Å². The van der Waals surface area contributed by atoms with Crippen LogP contribution in [0.5, 0.6) is 0 Å². The molecule has 1 N–H and O–H groups in total. The fourth-order valence-corrected chi connectivity index (χ4v) is 5.09. The van der Waals surface area contributed by atoms with Crippen LogP contribution in [0.15, 0.2) is 71.4 Å². The van der Waals surface area contributed by atoms with Gasteiger partial charge in [0.05, 0.1) is 6.42 Å². The molecule has 0 spiro atoms. The fraction of sp³-hybridized carbons (Fsp3) is 0.333. The molecule has 1 unspecified atom stereocenters. The number of carbonyl (C=O) groups excluding carboxylic acids is 2. The molecule has 3 aromatic rings. The highest BCUT2D eigenvalue weighted by Crippen LogP contribution is 2.27. The number of nitrogens with one attached hydrogen (secondary N) is 1. The smallest absolute Gasteiger partial charge is 0.247 e. The van der Waals surface area contributed by atoms with E-state index in [1.165, 1.54) is 18.6 Å². The van der Waals surface area contributed by atoms with Gasteiger partial charge in [-0.15, -0.1) is 0 Å². The first-order chi connectivity index (χ1) is 16.1. The molecule has 0 bridgehead atoms. The molecule has 0 saturated heterocycles. The Morgan fingerprint density at radius 3 is 2.36 bits per heavy atom. The van der Waals surface area contributed by atoms with Crippen LogP contribution in [0.3, 0.4) is 0 Å². The Kier molecular flexibility index (Phi) is 7.89. The average Bonchev–Trinajstić information content (AvgIpc) is 3.34. The van der Waals surface area contributed by atoms with Crippen LogP contribution in [0.1, 0.15) is 54.8 Å². The average molecular weight is 465 g/mol. The van der Waals surface area contributed by atoms with Gasteiger partial charge in [0.2, 0.25) is 11.8 Å². The molecule has 1 aromatic heterocycles. The summed E-state index contributed by atoms with van der Waals surface area (Å²) in [6.45, 7) is 0.296. The summed E-state index contributed by atoms with van der Waals surface area (Å²) in [5, 5.41) is 7.08. The van der Waals surface area contributed by atoms with E-state index in [2.05, 4.69) is 5.32 Å². The number of benzene rings is 2. The van der Waals surface area contributed by atoms with Crippen LogP contribution in [0.4, 0.5) is 4.39 Å². The lowest BCUT2D eigenvalue weighted by Gasteiger charge is -2.33. The maximum atomic E-state index is 13.7. The highest BCUT2D eigenvalue weighted by Gasteiger charge is 2.33. The predicted octanol–water partition coefficient (Wildman–Crippen LogP) is 5.65. The molecular weight excluding hydrogens is 435 g/mol. The van der Waals surface area contributed by atoms with Gasteiger partial charge in [-0.1, -0.05) is 61.7 Å². The number of hydrogen-bond acceptors (Lipinski definition) is 3. The molecule has 1 fully saturated rings. The molecule has 1 aliphatic rings. The van der Waals surface area contributed by atoms with Crippen LogP contribution >= 0.6 is 11.3 Å². The molecule has 1 saturated carbocycles.